The van der Waals surface area contributed by atoms with Crippen LogP contribution in [-0.4, -0.2) is 28.0 Å². The van der Waals surface area contributed by atoms with E-state index in [4.69, 9.17) is 10.2 Å². The van der Waals surface area contributed by atoms with E-state index in [0.29, 0.717) is 6.92 Å². The van der Waals surface area contributed by atoms with Gasteiger partial charge in [-0.2, -0.15) is 13.2 Å². The summed E-state index contributed by atoms with van der Waals surface area (Å²) in [6.07, 6.45) is -4.96. The number of alkyl halides is 3. The highest BCUT2D eigenvalue weighted by Crippen LogP contribution is 2.43. The molecule has 3 nitrogen and oxygen atoms in total. The van der Waals surface area contributed by atoms with Crippen molar-refractivity contribution in [1.29, 1.82) is 0 Å². The third kappa shape index (κ3) is 1.77. The average Bonchev–Trinajstić information content (AvgIpc) is 1.84. The zero-order valence-corrected chi connectivity index (χ0v) is 7.44. The highest BCUT2D eigenvalue weighted by molar-refractivity contribution is 5.75. The van der Waals surface area contributed by atoms with Crippen molar-refractivity contribution in [2.45, 2.75) is 32.5 Å². The van der Waals surface area contributed by atoms with Crippen LogP contribution in [0, 0.1) is 5.41 Å². The van der Waals surface area contributed by atoms with Crippen LogP contribution in [0.4, 0.5) is 13.2 Å². The van der Waals surface area contributed by atoms with E-state index in [0.717, 1.165) is 13.8 Å². The molecule has 1 unspecified atom stereocenters. The molecule has 0 aromatic heterocycles. The van der Waals surface area contributed by atoms with E-state index in [2.05, 4.69) is 0 Å². The molecular formula is C7H11F3O3. The first-order valence-corrected chi connectivity index (χ1v) is 3.47. The van der Waals surface area contributed by atoms with Crippen molar-refractivity contribution >= 4 is 5.97 Å². The maximum absolute atomic E-state index is 12.2. The highest BCUT2D eigenvalue weighted by Gasteiger charge is 2.62. The molecule has 0 aliphatic heterocycles. The number of hydrogen-bond acceptors (Lipinski definition) is 2. The Kier molecular flexibility index (Phi) is 2.69. The number of aliphatic carboxylic acids is 1. The highest BCUT2D eigenvalue weighted by atomic mass is 19.4. The number of hydrogen-bond donors (Lipinski definition) is 2. The van der Waals surface area contributed by atoms with Crippen LogP contribution in [-0.2, 0) is 4.79 Å². The number of carboxylic acid groups (broad SMARTS) is 1. The second-order valence-corrected chi connectivity index (χ2v) is 3.50. The lowest BCUT2D eigenvalue weighted by atomic mass is 9.75. The Bertz CT molecular complexity index is 218. The van der Waals surface area contributed by atoms with Crippen LogP contribution < -0.4 is 0 Å². The molecule has 0 rings (SSSR count). The molecule has 0 fully saturated rings. The van der Waals surface area contributed by atoms with Crippen LogP contribution >= 0.6 is 0 Å². The Morgan fingerprint density at radius 2 is 1.46 bits per heavy atom. The Morgan fingerprint density at radius 1 is 1.15 bits per heavy atom. The van der Waals surface area contributed by atoms with Gasteiger partial charge in [-0.3, -0.25) is 4.79 Å². The SMILES string of the molecule is CC(C)(C(=O)O)C(C)(O)C(F)(F)F. The minimum Gasteiger partial charge on any atom is -0.481 e. The first-order chi connectivity index (χ1) is 5.44. The van der Waals surface area contributed by atoms with Crippen LogP contribution in [0.1, 0.15) is 20.8 Å². The molecular weight excluding hydrogens is 189 g/mol. The van der Waals surface area contributed by atoms with Gasteiger partial charge in [0.05, 0.1) is 5.41 Å². The first-order valence-electron chi connectivity index (χ1n) is 3.47. The molecule has 0 saturated carbocycles. The van der Waals surface area contributed by atoms with Gasteiger partial charge in [0.15, 0.2) is 5.60 Å². The molecule has 0 heterocycles. The molecule has 0 bridgehead atoms. The van der Waals surface area contributed by atoms with Crippen LogP contribution in [0.5, 0.6) is 0 Å². The summed E-state index contributed by atoms with van der Waals surface area (Å²) >= 11 is 0. The zero-order chi connectivity index (χ0) is 11.1. The summed E-state index contributed by atoms with van der Waals surface area (Å²) in [6.45, 7) is 2.09. The molecule has 0 aliphatic carbocycles. The van der Waals surface area contributed by atoms with Gasteiger partial charge in [0.2, 0.25) is 0 Å². The van der Waals surface area contributed by atoms with E-state index in [1.807, 2.05) is 0 Å². The first kappa shape index (κ1) is 12.2. The fourth-order valence-electron chi connectivity index (χ4n) is 0.563. The number of halogens is 3. The molecule has 0 amide bonds. The van der Waals surface area contributed by atoms with Crippen LogP contribution in [0.2, 0.25) is 0 Å². The van der Waals surface area contributed by atoms with Crippen molar-refractivity contribution in [3.63, 3.8) is 0 Å². The molecule has 78 valence electrons. The Balaban J connectivity index is 5.16. The van der Waals surface area contributed by atoms with Crippen molar-refractivity contribution in [2.75, 3.05) is 0 Å². The number of aliphatic hydroxyl groups is 1. The molecule has 0 aromatic carbocycles. The lowest BCUT2D eigenvalue weighted by Gasteiger charge is -2.37. The summed E-state index contributed by atoms with van der Waals surface area (Å²) in [5.74, 6) is -1.70. The lowest BCUT2D eigenvalue weighted by molar-refractivity contribution is -0.287. The molecule has 13 heavy (non-hydrogen) atoms. The lowest BCUT2D eigenvalue weighted by Crippen LogP contribution is -2.57. The second kappa shape index (κ2) is 2.87. The summed E-state index contributed by atoms with van der Waals surface area (Å²) in [5.41, 5.74) is -5.52. The Hall–Kier alpha value is -0.780. The third-order valence-electron chi connectivity index (χ3n) is 2.30. The zero-order valence-electron chi connectivity index (χ0n) is 7.44. The van der Waals surface area contributed by atoms with Crippen molar-refractivity contribution in [1.82, 2.24) is 0 Å². The van der Waals surface area contributed by atoms with E-state index in [9.17, 15) is 18.0 Å². The average molecular weight is 200 g/mol. The predicted molar refractivity (Wildman–Crippen MR) is 38.1 cm³/mol. The van der Waals surface area contributed by atoms with Gasteiger partial charge in [-0.1, -0.05) is 0 Å². The van der Waals surface area contributed by atoms with Crippen molar-refractivity contribution in [3.8, 4) is 0 Å². The van der Waals surface area contributed by atoms with Gasteiger partial charge in [-0.15, -0.1) is 0 Å². The minimum absolute atomic E-state index is 0.446. The largest absolute Gasteiger partial charge is 0.481 e. The van der Waals surface area contributed by atoms with Gasteiger partial charge in [0, 0.05) is 0 Å². The summed E-state index contributed by atoms with van der Waals surface area (Å²) in [6, 6.07) is 0. The molecule has 1 atom stereocenters. The molecule has 0 spiro atoms. The molecule has 6 heteroatoms. The van der Waals surface area contributed by atoms with Crippen molar-refractivity contribution < 1.29 is 28.2 Å². The second-order valence-electron chi connectivity index (χ2n) is 3.50. The third-order valence-corrected chi connectivity index (χ3v) is 2.30. The van der Waals surface area contributed by atoms with Crippen molar-refractivity contribution in [2.24, 2.45) is 5.41 Å². The fourth-order valence-corrected chi connectivity index (χ4v) is 0.563. The standard InChI is InChI=1S/C7H11F3O3/c1-5(2,4(11)12)6(3,13)7(8,9)10/h13H,1-3H3,(H,11,12). The van der Waals surface area contributed by atoms with E-state index < -0.39 is 23.2 Å². The van der Waals surface area contributed by atoms with E-state index >= 15 is 0 Å². The maximum atomic E-state index is 12.2. The van der Waals surface area contributed by atoms with Gasteiger partial charge in [0.1, 0.15) is 0 Å². The van der Waals surface area contributed by atoms with E-state index in [1.165, 1.54) is 0 Å². The molecule has 2 N–H and O–H groups in total. The van der Waals surface area contributed by atoms with Gasteiger partial charge in [-0.05, 0) is 20.8 Å². The van der Waals surface area contributed by atoms with E-state index in [1.54, 1.807) is 0 Å². The molecule has 0 aliphatic rings. The maximum Gasteiger partial charge on any atom is 0.418 e. The fraction of sp³-hybridized carbons (Fsp3) is 0.857. The monoisotopic (exact) mass is 200 g/mol. The Morgan fingerprint density at radius 3 is 1.54 bits per heavy atom. The van der Waals surface area contributed by atoms with Crippen molar-refractivity contribution in [3.05, 3.63) is 0 Å². The van der Waals surface area contributed by atoms with Gasteiger partial charge < -0.3 is 10.2 Å². The quantitative estimate of drug-likeness (QED) is 0.708. The van der Waals surface area contributed by atoms with Crippen LogP contribution in [0.15, 0.2) is 0 Å². The molecule has 0 aromatic rings. The summed E-state index contributed by atoms with van der Waals surface area (Å²) < 4.78 is 36.5. The predicted octanol–water partition coefficient (Wildman–Crippen LogP) is 1.41. The van der Waals surface area contributed by atoms with Gasteiger partial charge in [-0.25, -0.2) is 0 Å². The van der Waals surface area contributed by atoms with Crippen LogP contribution in [0.3, 0.4) is 0 Å². The van der Waals surface area contributed by atoms with E-state index in [-0.39, 0.29) is 0 Å². The Labute approximate surface area is 73.2 Å². The molecule has 0 saturated heterocycles. The number of carboxylic acids is 1. The van der Waals surface area contributed by atoms with Gasteiger partial charge in [0.25, 0.3) is 0 Å². The number of carbonyl (C=O) groups is 1. The summed E-state index contributed by atoms with van der Waals surface area (Å²) in [5, 5.41) is 17.5. The van der Waals surface area contributed by atoms with Crippen LogP contribution in [0.25, 0.3) is 0 Å². The normalized spacial score (nSPS) is 18.1. The topological polar surface area (TPSA) is 57.5 Å². The smallest absolute Gasteiger partial charge is 0.418 e. The summed E-state index contributed by atoms with van der Waals surface area (Å²) in [4.78, 5) is 10.5. The molecule has 0 radical (unpaired) electrons. The summed E-state index contributed by atoms with van der Waals surface area (Å²) in [7, 11) is 0. The minimum atomic E-state index is -4.96. The van der Waals surface area contributed by atoms with Gasteiger partial charge >= 0.3 is 12.1 Å². The number of rotatable bonds is 2.